The third kappa shape index (κ3) is 5.04. The molecule has 1 aromatic heterocycles. The molecule has 1 N–H and O–H groups in total. The summed E-state index contributed by atoms with van der Waals surface area (Å²) in [6.45, 7) is -0.290. The Labute approximate surface area is 175 Å². The van der Waals surface area contributed by atoms with Gasteiger partial charge in [-0.3, -0.25) is 19.5 Å². The molecule has 0 aliphatic heterocycles. The average molecular weight is 458 g/mol. The summed E-state index contributed by atoms with van der Waals surface area (Å²) in [7, 11) is 0. The van der Waals surface area contributed by atoms with E-state index in [1.54, 1.807) is 30.3 Å². The van der Waals surface area contributed by atoms with Gasteiger partial charge < -0.3 is 5.32 Å². The second-order valence-corrected chi connectivity index (χ2v) is 6.48. The number of nitro benzene ring substituents is 1. The standard InChI is InChI=1S/C19H12F6N4O3/c20-18(21,22)13-8-12(29(31)32)6-7-14(13)26-17-27-15(19(23,24)25)9-16(30)28(17)10-11-4-2-1-3-5-11/h1-9H,10H2,(H,26,27). The highest BCUT2D eigenvalue weighted by atomic mass is 19.4. The number of aromatic nitrogens is 2. The van der Waals surface area contributed by atoms with E-state index in [2.05, 4.69) is 10.3 Å². The molecule has 168 valence electrons. The number of nitro groups is 1. The maximum absolute atomic E-state index is 13.5. The maximum Gasteiger partial charge on any atom is 0.433 e. The summed E-state index contributed by atoms with van der Waals surface area (Å²) in [5.41, 5.74) is -5.49. The van der Waals surface area contributed by atoms with Gasteiger partial charge in [-0.25, -0.2) is 4.98 Å². The number of rotatable bonds is 5. The Morgan fingerprint density at radius 3 is 2.19 bits per heavy atom. The number of non-ortho nitro benzene ring substituents is 1. The maximum atomic E-state index is 13.5. The molecule has 3 aromatic rings. The highest BCUT2D eigenvalue weighted by Gasteiger charge is 2.37. The van der Waals surface area contributed by atoms with E-state index < -0.39 is 51.4 Å². The normalized spacial score (nSPS) is 11.9. The van der Waals surface area contributed by atoms with Gasteiger partial charge >= 0.3 is 12.4 Å². The zero-order valence-electron chi connectivity index (χ0n) is 15.7. The molecule has 0 unspecified atom stereocenters. The van der Waals surface area contributed by atoms with E-state index in [1.807, 2.05) is 0 Å². The van der Waals surface area contributed by atoms with Crippen LogP contribution in [0.25, 0.3) is 0 Å². The lowest BCUT2D eigenvalue weighted by Crippen LogP contribution is -2.27. The Kier molecular flexibility index (Phi) is 5.92. The van der Waals surface area contributed by atoms with Crippen LogP contribution in [0.15, 0.2) is 59.4 Å². The number of nitrogens with one attached hydrogen (secondary N) is 1. The molecule has 0 atom stereocenters. The van der Waals surface area contributed by atoms with Crippen LogP contribution in [0, 0.1) is 10.1 Å². The first-order valence-electron chi connectivity index (χ1n) is 8.72. The van der Waals surface area contributed by atoms with Gasteiger partial charge in [-0.2, -0.15) is 26.3 Å². The highest BCUT2D eigenvalue weighted by molar-refractivity contribution is 5.63. The molecule has 13 heteroatoms. The Morgan fingerprint density at radius 2 is 1.62 bits per heavy atom. The van der Waals surface area contributed by atoms with Gasteiger partial charge in [-0.15, -0.1) is 0 Å². The molecule has 0 aliphatic rings. The average Bonchev–Trinajstić information content (AvgIpc) is 2.69. The monoisotopic (exact) mass is 458 g/mol. The number of halogens is 6. The number of hydrogen-bond acceptors (Lipinski definition) is 5. The third-order valence-electron chi connectivity index (χ3n) is 4.25. The van der Waals surface area contributed by atoms with Crippen LogP contribution in [0.4, 0.5) is 43.7 Å². The molecule has 2 aromatic carbocycles. The molecule has 3 rings (SSSR count). The van der Waals surface area contributed by atoms with Crippen molar-refractivity contribution in [1.82, 2.24) is 9.55 Å². The quantitative estimate of drug-likeness (QED) is 0.331. The number of benzene rings is 2. The van der Waals surface area contributed by atoms with Crippen LogP contribution in [0.1, 0.15) is 16.8 Å². The van der Waals surface area contributed by atoms with Gasteiger partial charge in [0.2, 0.25) is 5.95 Å². The van der Waals surface area contributed by atoms with Crippen LogP contribution in [0.3, 0.4) is 0 Å². The smallest absolute Gasteiger partial charge is 0.325 e. The van der Waals surface area contributed by atoms with Crippen molar-refractivity contribution in [1.29, 1.82) is 0 Å². The molecular formula is C19H12F6N4O3. The van der Waals surface area contributed by atoms with E-state index in [4.69, 9.17) is 0 Å². The minimum atomic E-state index is -5.08. The number of hydrogen-bond donors (Lipinski definition) is 1. The van der Waals surface area contributed by atoms with Crippen molar-refractivity contribution in [2.24, 2.45) is 0 Å². The van der Waals surface area contributed by atoms with Crippen LogP contribution in [-0.4, -0.2) is 14.5 Å². The second kappa shape index (κ2) is 8.32. The summed E-state index contributed by atoms with van der Waals surface area (Å²) < 4.78 is 80.6. The molecule has 0 fully saturated rings. The minimum absolute atomic E-state index is 0.231. The number of alkyl halides is 6. The molecule has 0 spiro atoms. The SMILES string of the molecule is O=c1cc(C(F)(F)F)nc(Nc2ccc([N+](=O)[O-])cc2C(F)(F)F)n1Cc1ccccc1. The summed E-state index contributed by atoms with van der Waals surface area (Å²) in [6.07, 6.45) is -10.1. The van der Waals surface area contributed by atoms with Crippen molar-refractivity contribution in [2.75, 3.05) is 5.32 Å². The molecule has 0 saturated heterocycles. The molecule has 0 saturated carbocycles. The van der Waals surface area contributed by atoms with Gasteiger partial charge in [-0.05, 0) is 11.6 Å². The van der Waals surface area contributed by atoms with E-state index in [0.29, 0.717) is 11.6 Å². The zero-order valence-corrected chi connectivity index (χ0v) is 15.7. The fourth-order valence-electron chi connectivity index (χ4n) is 2.78. The summed E-state index contributed by atoms with van der Waals surface area (Å²) in [6, 6.07) is 9.85. The molecule has 0 radical (unpaired) electrons. The lowest BCUT2D eigenvalue weighted by atomic mass is 10.1. The largest absolute Gasteiger partial charge is 0.433 e. The lowest BCUT2D eigenvalue weighted by molar-refractivity contribution is -0.385. The first-order valence-corrected chi connectivity index (χ1v) is 8.72. The van der Waals surface area contributed by atoms with Crippen molar-refractivity contribution in [3.8, 4) is 0 Å². The van der Waals surface area contributed by atoms with E-state index in [1.165, 1.54) is 0 Å². The topological polar surface area (TPSA) is 90.1 Å². The minimum Gasteiger partial charge on any atom is -0.325 e. The molecule has 32 heavy (non-hydrogen) atoms. The van der Waals surface area contributed by atoms with Crippen LogP contribution in [0.5, 0.6) is 0 Å². The van der Waals surface area contributed by atoms with Gasteiger partial charge in [0.05, 0.1) is 22.7 Å². The fraction of sp³-hybridized carbons (Fsp3) is 0.158. The summed E-state index contributed by atoms with van der Waals surface area (Å²) in [5, 5.41) is 12.9. The summed E-state index contributed by atoms with van der Waals surface area (Å²) in [4.78, 5) is 25.5. The molecule has 1 heterocycles. The van der Waals surface area contributed by atoms with Crippen molar-refractivity contribution < 1.29 is 31.3 Å². The predicted molar refractivity (Wildman–Crippen MR) is 100 cm³/mol. The molecule has 0 aliphatic carbocycles. The zero-order chi connectivity index (χ0) is 23.7. The molecule has 7 nitrogen and oxygen atoms in total. The summed E-state index contributed by atoms with van der Waals surface area (Å²) >= 11 is 0. The molecular weight excluding hydrogens is 446 g/mol. The highest BCUT2D eigenvalue weighted by Crippen LogP contribution is 2.38. The van der Waals surface area contributed by atoms with Crippen molar-refractivity contribution >= 4 is 17.3 Å². The van der Waals surface area contributed by atoms with E-state index in [0.717, 1.165) is 10.6 Å². The Balaban J connectivity index is 2.17. The van der Waals surface area contributed by atoms with Gasteiger partial charge in [0.1, 0.15) is 0 Å². The predicted octanol–water partition coefficient (Wildman–Crippen LogP) is 4.98. The first-order chi connectivity index (χ1) is 14.9. The van der Waals surface area contributed by atoms with Gasteiger partial charge in [0.15, 0.2) is 5.69 Å². The molecule has 0 amide bonds. The van der Waals surface area contributed by atoms with Crippen LogP contribution < -0.4 is 10.9 Å². The van der Waals surface area contributed by atoms with Crippen LogP contribution >= 0.6 is 0 Å². The lowest BCUT2D eigenvalue weighted by Gasteiger charge is -2.18. The van der Waals surface area contributed by atoms with E-state index >= 15 is 0 Å². The third-order valence-corrected chi connectivity index (χ3v) is 4.25. The molecule has 0 bridgehead atoms. The van der Waals surface area contributed by atoms with Gasteiger partial charge in [-0.1, -0.05) is 30.3 Å². The van der Waals surface area contributed by atoms with E-state index in [-0.39, 0.29) is 18.7 Å². The second-order valence-electron chi connectivity index (χ2n) is 6.48. The van der Waals surface area contributed by atoms with Gasteiger partial charge in [0.25, 0.3) is 11.2 Å². The number of anilines is 2. The Morgan fingerprint density at radius 1 is 0.969 bits per heavy atom. The van der Waals surface area contributed by atoms with Crippen LogP contribution in [0.2, 0.25) is 0 Å². The van der Waals surface area contributed by atoms with Gasteiger partial charge in [0, 0.05) is 18.2 Å². The fourth-order valence-corrected chi connectivity index (χ4v) is 2.78. The number of nitrogens with zero attached hydrogens (tertiary/aromatic N) is 3. The Bertz CT molecular complexity index is 1210. The van der Waals surface area contributed by atoms with Crippen LogP contribution in [-0.2, 0) is 18.9 Å². The van der Waals surface area contributed by atoms with Crippen molar-refractivity contribution in [3.63, 3.8) is 0 Å². The van der Waals surface area contributed by atoms with Crippen molar-refractivity contribution in [2.45, 2.75) is 18.9 Å². The van der Waals surface area contributed by atoms with E-state index in [9.17, 15) is 41.3 Å². The summed E-state index contributed by atoms with van der Waals surface area (Å²) in [5.74, 6) is -0.812. The first kappa shape index (κ1) is 22.8. The Hall–Kier alpha value is -3.90. The van der Waals surface area contributed by atoms with Crippen molar-refractivity contribution in [3.05, 3.63) is 91.9 Å².